The van der Waals surface area contributed by atoms with Crippen molar-refractivity contribution >= 4 is 17.4 Å². The highest BCUT2D eigenvalue weighted by molar-refractivity contribution is 6.31. The number of aromatic nitrogens is 2. The van der Waals surface area contributed by atoms with Crippen molar-refractivity contribution in [1.29, 1.82) is 0 Å². The molecule has 1 unspecified atom stereocenters. The molecule has 0 amide bonds. The molecule has 0 fully saturated rings. The first-order valence-corrected chi connectivity index (χ1v) is 6.35. The first kappa shape index (κ1) is 13.2. The van der Waals surface area contributed by atoms with Crippen LogP contribution in [0.1, 0.15) is 46.0 Å². The van der Waals surface area contributed by atoms with Gasteiger partial charge in [-0.3, -0.25) is 0 Å². The molecule has 1 aromatic rings. The maximum atomic E-state index is 5.92. The number of anilines is 1. The number of hydrogen-bond donors (Lipinski definition) is 1. The van der Waals surface area contributed by atoms with E-state index in [1.54, 1.807) is 12.4 Å². The third-order valence-electron chi connectivity index (χ3n) is 2.53. The van der Waals surface area contributed by atoms with E-state index in [2.05, 4.69) is 29.1 Å². The topological polar surface area (TPSA) is 37.8 Å². The van der Waals surface area contributed by atoms with Gasteiger partial charge in [0, 0.05) is 18.4 Å². The molecule has 0 saturated heterocycles. The Hall–Kier alpha value is -0.830. The summed E-state index contributed by atoms with van der Waals surface area (Å²) in [7, 11) is 0. The molecule has 0 bridgehead atoms. The zero-order valence-corrected chi connectivity index (χ0v) is 10.8. The van der Waals surface area contributed by atoms with Gasteiger partial charge in [0.1, 0.15) is 0 Å². The van der Waals surface area contributed by atoms with Crippen molar-refractivity contribution in [2.45, 2.75) is 52.0 Å². The minimum Gasteiger partial charge on any atom is -0.365 e. The molecular weight excluding hydrogens is 222 g/mol. The second-order valence-electron chi connectivity index (χ2n) is 4.09. The van der Waals surface area contributed by atoms with Gasteiger partial charge in [0.15, 0.2) is 11.0 Å². The van der Waals surface area contributed by atoms with Crippen LogP contribution in [0.4, 0.5) is 5.82 Å². The summed E-state index contributed by atoms with van der Waals surface area (Å²) < 4.78 is 0. The van der Waals surface area contributed by atoms with Crippen molar-refractivity contribution in [3.8, 4) is 0 Å². The van der Waals surface area contributed by atoms with Gasteiger partial charge in [-0.15, -0.1) is 0 Å². The van der Waals surface area contributed by atoms with E-state index in [0.29, 0.717) is 17.0 Å². The number of nitrogens with one attached hydrogen (secondary N) is 1. The lowest BCUT2D eigenvalue weighted by Gasteiger charge is -2.14. The van der Waals surface area contributed by atoms with E-state index < -0.39 is 0 Å². The molecule has 3 nitrogen and oxygen atoms in total. The normalized spacial score (nSPS) is 12.4. The summed E-state index contributed by atoms with van der Waals surface area (Å²) in [4.78, 5) is 8.14. The molecule has 90 valence electrons. The zero-order chi connectivity index (χ0) is 11.8. The van der Waals surface area contributed by atoms with Crippen LogP contribution in [0.25, 0.3) is 0 Å². The molecule has 1 aromatic heterocycles. The molecule has 1 N–H and O–H groups in total. The van der Waals surface area contributed by atoms with Gasteiger partial charge in [0.2, 0.25) is 0 Å². The highest BCUT2D eigenvalue weighted by Crippen LogP contribution is 2.16. The fourth-order valence-electron chi connectivity index (χ4n) is 1.60. The van der Waals surface area contributed by atoms with Crippen molar-refractivity contribution in [3.63, 3.8) is 0 Å². The second-order valence-corrected chi connectivity index (χ2v) is 4.45. The molecule has 0 saturated carbocycles. The molecule has 4 heteroatoms. The Bertz CT molecular complexity index is 304. The summed E-state index contributed by atoms with van der Waals surface area (Å²) in [5, 5.41) is 3.73. The summed E-state index contributed by atoms with van der Waals surface area (Å²) in [5.74, 6) is 0.687. The average molecular weight is 242 g/mol. The van der Waals surface area contributed by atoms with Crippen LogP contribution in [0, 0.1) is 0 Å². The Morgan fingerprint density at radius 1 is 1.25 bits per heavy atom. The summed E-state index contributed by atoms with van der Waals surface area (Å²) in [6, 6.07) is 0.394. The van der Waals surface area contributed by atoms with E-state index in [-0.39, 0.29) is 0 Å². The molecular formula is C12H20ClN3. The Kier molecular flexibility index (Phi) is 6.16. The summed E-state index contributed by atoms with van der Waals surface area (Å²) in [6.45, 7) is 4.37. The van der Waals surface area contributed by atoms with Crippen LogP contribution in [0.2, 0.25) is 5.15 Å². The molecule has 0 aliphatic rings. The number of halogens is 1. The fraction of sp³-hybridized carbons (Fsp3) is 0.667. The Labute approximate surface area is 103 Å². The van der Waals surface area contributed by atoms with Gasteiger partial charge in [0.05, 0.1) is 0 Å². The summed E-state index contributed by atoms with van der Waals surface area (Å²) in [5.41, 5.74) is 0. The smallest absolute Gasteiger partial charge is 0.171 e. The zero-order valence-electron chi connectivity index (χ0n) is 10.0. The molecule has 0 radical (unpaired) electrons. The third-order valence-corrected chi connectivity index (χ3v) is 2.80. The Balaban J connectivity index is 2.28. The van der Waals surface area contributed by atoms with E-state index in [9.17, 15) is 0 Å². The lowest BCUT2D eigenvalue weighted by atomic mass is 10.1. The van der Waals surface area contributed by atoms with Crippen LogP contribution in [0.5, 0.6) is 0 Å². The van der Waals surface area contributed by atoms with Crippen molar-refractivity contribution in [2.75, 3.05) is 5.32 Å². The number of unbranched alkanes of at least 4 members (excludes halogenated alkanes) is 3. The monoisotopic (exact) mass is 241 g/mol. The molecule has 0 aromatic carbocycles. The van der Waals surface area contributed by atoms with E-state index in [4.69, 9.17) is 11.6 Å². The third kappa shape index (κ3) is 4.79. The molecule has 1 heterocycles. The molecule has 1 rings (SSSR count). The number of rotatable bonds is 7. The van der Waals surface area contributed by atoms with Crippen molar-refractivity contribution < 1.29 is 0 Å². The maximum Gasteiger partial charge on any atom is 0.171 e. The molecule has 0 aliphatic heterocycles. The highest BCUT2D eigenvalue weighted by atomic mass is 35.5. The van der Waals surface area contributed by atoms with Gasteiger partial charge in [-0.1, -0.05) is 44.2 Å². The van der Waals surface area contributed by atoms with Gasteiger partial charge < -0.3 is 5.32 Å². The van der Waals surface area contributed by atoms with Crippen LogP contribution in [-0.4, -0.2) is 16.0 Å². The van der Waals surface area contributed by atoms with Gasteiger partial charge in [-0.25, -0.2) is 9.97 Å². The van der Waals surface area contributed by atoms with E-state index in [0.717, 1.165) is 6.42 Å². The lowest BCUT2D eigenvalue weighted by molar-refractivity contribution is 0.593. The van der Waals surface area contributed by atoms with Crippen LogP contribution >= 0.6 is 11.6 Å². The summed E-state index contributed by atoms with van der Waals surface area (Å²) in [6.07, 6.45) is 9.54. The lowest BCUT2D eigenvalue weighted by Crippen LogP contribution is -2.16. The van der Waals surface area contributed by atoms with Gasteiger partial charge in [-0.2, -0.15) is 0 Å². The first-order chi connectivity index (χ1) is 7.74. The van der Waals surface area contributed by atoms with Crippen LogP contribution in [0.3, 0.4) is 0 Å². The predicted octanol–water partition coefficient (Wildman–Crippen LogP) is 3.90. The quantitative estimate of drug-likeness (QED) is 0.736. The Morgan fingerprint density at radius 3 is 2.69 bits per heavy atom. The highest BCUT2D eigenvalue weighted by Gasteiger charge is 2.06. The summed E-state index contributed by atoms with van der Waals surface area (Å²) >= 11 is 5.92. The van der Waals surface area contributed by atoms with Gasteiger partial charge >= 0.3 is 0 Å². The first-order valence-electron chi connectivity index (χ1n) is 5.97. The SMILES string of the molecule is CCCCCCC(C)Nc1nccnc1Cl. The van der Waals surface area contributed by atoms with Crippen LogP contribution in [0.15, 0.2) is 12.4 Å². The number of hydrogen-bond acceptors (Lipinski definition) is 3. The van der Waals surface area contributed by atoms with Gasteiger partial charge in [0.25, 0.3) is 0 Å². The number of nitrogens with zero attached hydrogens (tertiary/aromatic N) is 2. The van der Waals surface area contributed by atoms with E-state index >= 15 is 0 Å². The fourth-order valence-corrected chi connectivity index (χ4v) is 1.76. The van der Waals surface area contributed by atoms with Crippen LogP contribution in [-0.2, 0) is 0 Å². The molecule has 0 aliphatic carbocycles. The van der Waals surface area contributed by atoms with Gasteiger partial charge in [-0.05, 0) is 13.3 Å². The molecule has 0 spiro atoms. The van der Waals surface area contributed by atoms with Crippen molar-refractivity contribution in [3.05, 3.63) is 17.5 Å². The van der Waals surface area contributed by atoms with Crippen molar-refractivity contribution in [1.82, 2.24) is 9.97 Å². The molecule has 1 atom stereocenters. The minimum absolute atomic E-state index is 0.394. The second kappa shape index (κ2) is 7.44. The van der Waals surface area contributed by atoms with E-state index in [1.807, 2.05) is 0 Å². The standard InChI is InChI=1S/C12H20ClN3/c1-3-4-5-6-7-10(2)16-12-11(13)14-8-9-15-12/h8-10H,3-7H2,1-2H3,(H,15,16). The van der Waals surface area contributed by atoms with Crippen LogP contribution < -0.4 is 5.32 Å². The average Bonchev–Trinajstić information content (AvgIpc) is 2.28. The predicted molar refractivity (Wildman–Crippen MR) is 68.9 cm³/mol. The minimum atomic E-state index is 0.394. The Morgan fingerprint density at radius 2 is 2.00 bits per heavy atom. The van der Waals surface area contributed by atoms with Crippen molar-refractivity contribution in [2.24, 2.45) is 0 Å². The maximum absolute atomic E-state index is 5.92. The largest absolute Gasteiger partial charge is 0.365 e. The van der Waals surface area contributed by atoms with E-state index in [1.165, 1.54) is 25.7 Å². The molecule has 16 heavy (non-hydrogen) atoms.